The van der Waals surface area contributed by atoms with Gasteiger partial charge >= 0.3 is 0 Å². The maximum Gasteiger partial charge on any atom is 0.160 e. The predicted octanol–water partition coefficient (Wildman–Crippen LogP) is 17.7. The summed E-state index contributed by atoms with van der Waals surface area (Å²) in [6, 6.07) is 82.0. The van der Waals surface area contributed by atoms with Gasteiger partial charge in [-0.25, -0.2) is 9.97 Å². The van der Waals surface area contributed by atoms with Gasteiger partial charge < -0.3 is 13.7 Å². The van der Waals surface area contributed by atoms with Crippen molar-refractivity contribution >= 4 is 65.4 Å². The van der Waals surface area contributed by atoms with Crippen LogP contribution < -0.4 is 0 Å². The Kier molecular flexibility index (Phi) is 9.70. The molecular weight excluding hydrogens is 887 g/mol. The van der Waals surface area contributed by atoms with E-state index in [-0.39, 0.29) is 0 Å². The summed E-state index contributed by atoms with van der Waals surface area (Å²) in [5.41, 5.74) is 22.6. The molecule has 0 bridgehead atoms. The van der Waals surface area contributed by atoms with Crippen LogP contribution in [0.5, 0.6) is 0 Å². The Bertz CT molecular complexity index is 4290. The first-order chi connectivity index (χ1) is 35.8. The molecular formula is C68H49N5. The molecule has 0 saturated carbocycles. The molecule has 0 saturated heterocycles. The second-order valence-corrected chi connectivity index (χ2v) is 19.7. The zero-order valence-electron chi connectivity index (χ0n) is 41.1. The van der Waals surface area contributed by atoms with Crippen molar-refractivity contribution < 1.29 is 0 Å². The normalized spacial score (nSPS) is 11.8. The second kappa shape index (κ2) is 16.6. The predicted molar refractivity (Wildman–Crippen MR) is 306 cm³/mol. The monoisotopic (exact) mass is 935 g/mol. The SMILES string of the molecule is Cc1ccc2c(c1)c1ccccc1n2-c1ccc2c(c1)c1cc(-n3c4ccccc4c4cc(C)ccc43)ccc1n2-c1ccc(-c2ccc(-c3cc(-c4ccccc4C)nc(-c4ccccc4C)n3)cc2)cc1. The van der Waals surface area contributed by atoms with Gasteiger partial charge in [-0.15, -0.1) is 0 Å². The first-order valence-corrected chi connectivity index (χ1v) is 25.1. The van der Waals surface area contributed by atoms with E-state index < -0.39 is 0 Å². The Labute approximate surface area is 423 Å². The van der Waals surface area contributed by atoms with E-state index in [0.29, 0.717) is 0 Å². The van der Waals surface area contributed by atoms with Gasteiger partial charge in [0.1, 0.15) is 0 Å². The third kappa shape index (κ3) is 6.92. The summed E-state index contributed by atoms with van der Waals surface area (Å²) in [6.07, 6.45) is 0. The van der Waals surface area contributed by atoms with Crippen molar-refractivity contribution in [3.05, 3.63) is 247 Å². The van der Waals surface area contributed by atoms with Crippen molar-refractivity contribution in [3.63, 3.8) is 0 Å². The van der Waals surface area contributed by atoms with Gasteiger partial charge in [-0.3, -0.25) is 0 Å². The maximum absolute atomic E-state index is 5.16. The number of hydrogen-bond acceptors (Lipinski definition) is 2. The van der Waals surface area contributed by atoms with E-state index in [9.17, 15) is 0 Å². The number of para-hydroxylation sites is 2. The topological polar surface area (TPSA) is 40.6 Å². The van der Waals surface area contributed by atoms with E-state index in [0.717, 1.165) is 78.7 Å². The Hall–Kier alpha value is -9.32. The molecule has 0 aliphatic carbocycles. The molecule has 0 atom stereocenters. The minimum Gasteiger partial charge on any atom is -0.309 e. The summed E-state index contributed by atoms with van der Waals surface area (Å²) < 4.78 is 7.30. The zero-order chi connectivity index (χ0) is 48.9. The summed E-state index contributed by atoms with van der Waals surface area (Å²) in [5.74, 6) is 0.731. The molecule has 10 aromatic carbocycles. The van der Waals surface area contributed by atoms with Crippen molar-refractivity contribution in [2.75, 3.05) is 0 Å². The first kappa shape index (κ1) is 42.5. The number of fused-ring (bicyclic) bond motifs is 9. The highest BCUT2D eigenvalue weighted by Gasteiger charge is 2.20. The Morgan fingerprint density at radius 2 is 0.658 bits per heavy atom. The Balaban J connectivity index is 0.894. The van der Waals surface area contributed by atoms with Crippen LogP contribution in [0.25, 0.3) is 128 Å². The van der Waals surface area contributed by atoms with E-state index in [1.807, 2.05) is 0 Å². The second-order valence-electron chi connectivity index (χ2n) is 19.7. The highest BCUT2D eigenvalue weighted by molar-refractivity contribution is 6.14. The van der Waals surface area contributed by atoms with Crippen LogP contribution in [0.1, 0.15) is 22.3 Å². The Morgan fingerprint density at radius 3 is 1.19 bits per heavy atom. The fourth-order valence-corrected chi connectivity index (χ4v) is 11.5. The molecule has 14 rings (SSSR count). The quantitative estimate of drug-likeness (QED) is 0.160. The summed E-state index contributed by atoms with van der Waals surface area (Å²) in [5, 5.41) is 7.46. The van der Waals surface area contributed by atoms with Crippen LogP contribution >= 0.6 is 0 Å². The number of aryl methyl sites for hydroxylation is 4. The fourth-order valence-electron chi connectivity index (χ4n) is 11.5. The fraction of sp³-hybridized carbons (Fsp3) is 0.0588. The zero-order valence-corrected chi connectivity index (χ0v) is 41.1. The lowest BCUT2D eigenvalue weighted by Gasteiger charge is -2.13. The molecule has 0 aliphatic heterocycles. The van der Waals surface area contributed by atoms with Crippen molar-refractivity contribution in [1.82, 2.24) is 23.7 Å². The van der Waals surface area contributed by atoms with Crippen LogP contribution in [-0.2, 0) is 0 Å². The summed E-state index contributed by atoms with van der Waals surface area (Å²) >= 11 is 0. The van der Waals surface area contributed by atoms with Gasteiger partial charge in [0.05, 0.1) is 44.5 Å². The van der Waals surface area contributed by atoms with Gasteiger partial charge in [-0.2, -0.15) is 0 Å². The summed E-state index contributed by atoms with van der Waals surface area (Å²) in [6.45, 7) is 8.61. The molecule has 346 valence electrons. The summed E-state index contributed by atoms with van der Waals surface area (Å²) in [4.78, 5) is 10.3. The van der Waals surface area contributed by atoms with Gasteiger partial charge in [-0.05, 0) is 141 Å². The van der Waals surface area contributed by atoms with E-state index >= 15 is 0 Å². The molecule has 4 heterocycles. The largest absolute Gasteiger partial charge is 0.309 e. The van der Waals surface area contributed by atoms with E-state index in [1.54, 1.807) is 0 Å². The molecule has 73 heavy (non-hydrogen) atoms. The standard InChI is InChI=1S/C68H49N5/c1-42-21-33-64-56(37-42)54-17-9-11-19-62(54)72(64)50-31-35-66-58(39-50)59-40-51(73-63-20-12-10-18-55(63)57-38-43(2)22-34-65(57)73)32-36-67(59)71(66)49-29-27-47(28-30-49)46-23-25-48(26-24-46)60-41-61(52-15-7-5-13-44(52)3)70-68(69-60)53-16-8-6-14-45(53)4/h5-41H,1-4H3. The molecule has 0 fully saturated rings. The minimum absolute atomic E-state index is 0.731. The average molecular weight is 936 g/mol. The number of benzene rings is 10. The molecule has 4 aromatic heterocycles. The van der Waals surface area contributed by atoms with Crippen LogP contribution in [0.4, 0.5) is 0 Å². The third-order valence-electron chi connectivity index (χ3n) is 15.1. The van der Waals surface area contributed by atoms with Crippen LogP contribution in [-0.4, -0.2) is 23.7 Å². The molecule has 0 N–H and O–H groups in total. The third-order valence-corrected chi connectivity index (χ3v) is 15.1. The first-order valence-electron chi connectivity index (χ1n) is 25.1. The average Bonchev–Trinajstić information content (AvgIpc) is 4.05. The van der Waals surface area contributed by atoms with Crippen molar-refractivity contribution in [1.29, 1.82) is 0 Å². The van der Waals surface area contributed by atoms with Crippen molar-refractivity contribution in [3.8, 4) is 62.1 Å². The summed E-state index contributed by atoms with van der Waals surface area (Å²) in [7, 11) is 0. The van der Waals surface area contributed by atoms with Gasteiger partial charge in [0, 0.05) is 66.1 Å². The molecule has 0 radical (unpaired) electrons. The number of nitrogens with zero attached hydrogens (tertiary/aromatic N) is 5. The van der Waals surface area contributed by atoms with E-state index in [4.69, 9.17) is 9.97 Å². The minimum atomic E-state index is 0.731. The smallest absolute Gasteiger partial charge is 0.160 e. The van der Waals surface area contributed by atoms with E-state index in [2.05, 4.69) is 266 Å². The Morgan fingerprint density at radius 1 is 0.274 bits per heavy atom. The van der Waals surface area contributed by atoms with Gasteiger partial charge in [-0.1, -0.05) is 145 Å². The molecule has 14 aromatic rings. The van der Waals surface area contributed by atoms with Crippen molar-refractivity contribution in [2.24, 2.45) is 0 Å². The highest BCUT2D eigenvalue weighted by atomic mass is 15.0. The molecule has 0 spiro atoms. The van der Waals surface area contributed by atoms with Crippen LogP contribution in [0.2, 0.25) is 0 Å². The molecule has 5 heteroatoms. The van der Waals surface area contributed by atoms with Gasteiger partial charge in [0.15, 0.2) is 5.82 Å². The lowest BCUT2D eigenvalue weighted by Crippen LogP contribution is -1.98. The lowest BCUT2D eigenvalue weighted by atomic mass is 10.00. The van der Waals surface area contributed by atoms with Crippen LogP contribution in [0.15, 0.2) is 224 Å². The lowest BCUT2D eigenvalue weighted by molar-refractivity contribution is 1.16. The van der Waals surface area contributed by atoms with Gasteiger partial charge in [0.25, 0.3) is 0 Å². The number of rotatable bonds is 7. The van der Waals surface area contributed by atoms with Crippen LogP contribution in [0.3, 0.4) is 0 Å². The van der Waals surface area contributed by atoms with Crippen molar-refractivity contribution in [2.45, 2.75) is 27.7 Å². The number of aromatic nitrogens is 5. The molecule has 0 aliphatic rings. The molecule has 5 nitrogen and oxygen atoms in total. The van der Waals surface area contributed by atoms with Crippen LogP contribution in [0, 0.1) is 27.7 Å². The molecule has 0 amide bonds. The van der Waals surface area contributed by atoms with Gasteiger partial charge in [0.2, 0.25) is 0 Å². The molecule has 0 unspecified atom stereocenters. The number of hydrogen-bond donors (Lipinski definition) is 0. The maximum atomic E-state index is 5.16. The van der Waals surface area contributed by atoms with E-state index in [1.165, 1.54) is 71.1 Å². The highest BCUT2D eigenvalue weighted by Crippen LogP contribution is 2.41.